The molecule has 9 heteroatoms. The van der Waals surface area contributed by atoms with Gasteiger partial charge in [0.25, 0.3) is 0 Å². The van der Waals surface area contributed by atoms with Gasteiger partial charge in [0.2, 0.25) is 0 Å². The summed E-state index contributed by atoms with van der Waals surface area (Å²) in [6, 6.07) is 6.92. The van der Waals surface area contributed by atoms with Crippen LogP contribution >= 0.6 is 0 Å². The molecule has 2 amide bonds. The van der Waals surface area contributed by atoms with Crippen molar-refractivity contribution < 1.29 is 23.9 Å². The first kappa shape index (κ1) is 22.3. The molecule has 3 rings (SSSR count). The van der Waals surface area contributed by atoms with E-state index < -0.39 is 5.97 Å². The van der Waals surface area contributed by atoms with Gasteiger partial charge in [-0.25, -0.2) is 14.3 Å². The molecule has 0 radical (unpaired) electrons. The lowest BCUT2D eigenvalue weighted by atomic mass is 9.98. The summed E-state index contributed by atoms with van der Waals surface area (Å²) >= 11 is 0. The molecule has 1 fully saturated rings. The van der Waals surface area contributed by atoms with Gasteiger partial charge in [0.15, 0.2) is 0 Å². The highest BCUT2D eigenvalue weighted by Crippen LogP contribution is 2.21. The standard InChI is InChI=1S/C22H28N4O5/c1-4-30-20(27)16-8-7-11-25(14-16)22(29)24-17-9-6-10-18(12-17)26-15(3)19(13-23-26)21(28)31-5-2/h6,9-10,12-13,16H,4-5,7-8,11,14H2,1-3H3,(H,24,29)/t16-/m1/s1. The number of ether oxygens (including phenoxy) is 2. The minimum Gasteiger partial charge on any atom is -0.466 e. The Hall–Kier alpha value is -3.36. The zero-order valence-electron chi connectivity index (χ0n) is 18.1. The van der Waals surface area contributed by atoms with Gasteiger partial charge < -0.3 is 19.7 Å². The quantitative estimate of drug-likeness (QED) is 0.709. The topological polar surface area (TPSA) is 103 Å². The van der Waals surface area contributed by atoms with E-state index in [1.54, 1.807) is 48.6 Å². The molecule has 0 saturated carbocycles. The first-order chi connectivity index (χ1) is 14.9. The smallest absolute Gasteiger partial charge is 0.341 e. The van der Waals surface area contributed by atoms with Crippen LogP contribution in [0.15, 0.2) is 30.5 Å². The predicted octanol–water partition coefficient (Wildman–Crippen LogP) is 3.16. The summed E-state index contributed by atoms with van der Waals surface area (Å²) < 4.78 is 11.8. The van der Waals surface area contributed by atoms with Gasteiger partial charge in [-0.3, -0.25) is 4.79 Å². The lowest BCUT2D eigenvalue weighted by Crippen LogP contribution is -2.44. The average molecular weight is 428 g/mol. The van der Waals surface area contributed by atoms with Gasteiger partial charge in [-0.2, -0.15) is 5.10 Å². The summed E-state index contributed by atoms with van der Waals surface area (Å²) in [4.78, 5) is 38.5. The number of urea groups is 1. The summed E-state index contributed by atoms with van der Waals surface area (Å²) in [5.41, 5.74) is 2.34. The highest BCUT2D eigenvalue weighted by atomic mass is 16.5. The fraction of sp³-hybridized carbons (Fsp3) is 0.455. The average Bonchev–Trinajstić information content (AvgIpc) is 3.16. The van der Waals surface area contributed by atoms with E-state index in [4.69, 9.17) is 9.47 Å². The number of nitrogens with one attached hydrogen (secondary N) is 1. The van der Waals surface area contributed by atoms with Gasteiger partial charge in [-0.05, 0) is 51.8 Å². The van der Waals surface area contributed by atoms with Gasteiger partial charge in [0.1, 0.15) is 5.56 Å². The Balaban J connectivity index is 1.70. The third-order valence-electron chi connectivity index (χ3n) is 5.18. The Bertz CT molecular complexity index is 955. The number of benzene rings is 1. The molecular formula is C22H28N4O5. The highest BCUT2D eigenvalue weighted by Gasteiger charge is 2.29. The number of esters is 2. The van der Waals surface area contributed by atoms with Crippen LogP contribution in [-0.2, 0) is 14.3 Å². The second-order valence-electron chi connectivity index (χ2n) is 7.29. The van der Waals surface area contributed by atoms with E-state index in [2.05, 4.69) is 10.4 Å². The van der Waals surface area contributed by atoms with Crippen LogP contribution in [0.2, 0.25) is 0 Å². The van der Waals surface area contributed by atoms with Gasteiger partial charge in [0.05, 0.1) is 36.7 Å². The molecule has 166 valence electrons. The van der Waals surface area contributed by atoms with E-state index in [0.29, 0.717) is 48.9 Å². The predicted molar refractivity (Wildman–Crippen MR) is 114 cm³/mol. The summed E-state index contributed by atoms with van der Waals surface area (Å²) in [7, 11) is 0. The van der Waals surface area contributed by atoms with Crippen LogP contribution in [0.4, 0.5) is 10.5 Å². The monoisotopic (exact) mass is 428 g/mol. The van der Waals surface area contributed by atoms with E-state index in [1.165, 1.54) is 6.20 Å². The molecule has 31 heavy (non-hydrogen) atoms. The van der Waals surface area contributed by atoms with Gasteiger partial charge in [-0.15, -0.1) is 0 Å². The molecule has 0 aliphatic carbocycles. The van der Waals surface area contributed by atoms with Gasteiger partial charge in [-0.1, -0.05) is 6.07 Å². The van der Waals surface area contributed by atoms with Crippen LogP contribution in [0.25, 0.3) is 5.69 Å². The first-order valence-electron chi connectivity index (χ1n) is 10.5. The van der Waals surface area contributed by atoms with Crippen LogP contribution in [0, 0.1) is 12.8 Å². The van der Waals surface area contributed by atoms with Crippen molar-refractivity contribution in [3.8, 4) is 5.69 Å². The highest BCUT2D eigenvalue weighted by molar-refractivity contribution is 5.91. The molecule has 1 aromatic heterocycles. The minimum atomic E-state index is -0.419. The number of likely N-dealkylation sites (tertiary alicyclic amines) is 1. The molecule has 1 aromatic carbocycles. The van der Waals surface area contributed by atoms with Crippen molar-refractivity contribution in [2.75, 3.05) is 31.6 Å². The summed E-state index contributed by atoms with van der Waals surface area (Å²) in [6.07, 6.45) is 2.95. The van der Waals surface area contributed by atoms with Crippen molar-refractivity contribution in [3.05, 3.63) is 41.7 Å². The molecule has 2 heterocycles. The lowest BCUT2D eigenvalue weighted by Gasteiger charge is -2.31. The number of nitrogens with zero attached hydrogens (tertiary/aromatic N) is 3. The van der Waals surface area contributed by atoms with E-state index >= 15 is 0 Å². The molecular weight excluding hydrogens is 400 g/mol. The molecule has 2 aromatic rings. The molecule has 1 saturated heterocycles. The number of anilines is 1. The van der Waals surface area contributed by atoms with E-state index in [0.717, 1.165) is 12.8 Å². The van der Waals surface area contributed by atoms with Crippen molar-refractivity contribution in [2.45, 2.75) is 33.6 Å². The zero-order chi connectivity index (χ0) is 22.4. The summed E-state index contributed by atoms with van der Waals surface area (Å²) in [5.74, 6) is -0.968. The molecule has 0 bridgehead atoms. The fourth-order valence-electron chi connectivity index (χ4n) is 3.61. The normalized spacial score (nSPS) is 16.0. The van der Waals surface area contributed by atoms with Crippen LogP contribution < -0.4 is 5.32 Å². The first-order valence-corrected chi connectivity index (χ1v) is 10.5. The zero-order valence-corrected chi connectivity index (χ0v) is 18.1. The molecule has 9 nitrogen and oxygen atoms in total. The molecule has 0 unspecified atom stereocenters. The van der Waals surface area contributed by atoms with Crippen LogP contribution in [0.5, 0.6) is 0 Å². The number of carbonyl (C=O) groups is 3. The van der Waals surface area contributed by atoms with Gasteiger partial charge in [0, 0.05) is 18.8 Å². The van der Waals surface area contributed by atoms with E-state index in [1.807, 2.05) is 6.07 Å². The maximum atomic E-state index is 12.8. The van der Waals surface area contributed by atoms with Crippen molar-refractivity contribution in [3.63, 3.8) is 0 Å². The SMILES string of the molecule is CCOC(=O)c1cnn(-c2cccc(NC(=O)N3CCC[C@@H](C(=O)OCC)C3)c2)c1C. The number of amides is 2. The molecule has 0 spiro atoms. The Kier molecular flexibility index (Phi) is 7.28. The van der Waals surface area contributed by atoms with Crippen molar-refractivity contribution in [1.29, 1.82) is 0 Å². The lowest BCUT2D eigenvalue weighted by molar-refractivity contribution is -0.149. The van der Waals surface area contributed by atoms with Crippen molar-refractivity contribution >= 4 is 23.7 Å². The third-order valence-corrected chi connectivity index (χ3v) is 5.18. The maximum Gasteiger partial charge on any atom is 0.341 e. The fourth-order valence-corrected chi connectivity index (χ4v) is 3.61. The number of aromatic nitrogens is 2. The Morgan fingerprint density at radius 2 is 1.97 bits per heavy atom. The van der Waals surface area contributed by atoms with Crippen LogP contribution in [0.1, 0.15) is 42.7 Å². The molecule has 1 aliphatic rings. The van der Waals surface area contributed by atoms with E-state index in [9.17, 15) is 14.4 Å². The molecule has 1 aliphatic heterocycles. The number of carbonyl (C=O) groups excluding carboxylic acids is 3. The van der Waals surface area contributed by atoms with Crippen molar-refractivity contribution in [2.24, 2.45) is 5.92 Å². The number of rotatable bonds is 6. The summed E-state index contributed by atoms with van der Waals surface area (Å²) in [6.45, 7) is 6.86. The van der Waals surface area contributed by atoms with Crippen LogP contribution in [-0.4, -0.2) is 59.0 Å². The maximum absolute atomic E-state index is 12.8. The Morgan fingerprint density at radius 1 is 1.19 bits per heavy atom. The number of hydrogen-bond donors (Lipinski definition) is 1. The van der Waals surface area contributed by atoms with Crippen molar-refractivity contribution in [1.82, 2.24) is 14.7 Å². The minimum absolute atomic E-state index is 0.256. The number of piperidine rings is 1. The second-order valence-corrected chi connectivity index (χ2v) is 7.29. The summed E-state index contributed by atoms with van der Waals surface area (Å²) in [5, 5.41) is 7.17. The van der Waals surface area contributed by atoms with E-state index in [-0.39, 0.29) is 17.9 Å². The Labute approximate surface area is 181 Å². The van der Waals surface area contributed by atoms with Crippen LogP contribution in [0.3, 0.4) is 0 Å². The molecule has 1 N–H and O–H groups in total. The molecule has 1 atom stereocenters. The second kappa shape index (κ2) is 10.1. The number of hydrogen-bond acceptors (Lipinski definition) is 6. The Morgan fingerprint density at radius 3 is 2.71 bits per heavy atom. The third kappa shape index (κ3) is 5.22. The largest absolute Gasteiger partial charge is 0.466 e. The van der Waals surface area contributed by atoms with Gasteiger partial charge >= 0.3 is 18.0 Å².